The Hall–Kier alpha value is -2.87. The van der Waals surface area contributed by atoms with Gasteiger partial charge in [-0.1, -0.05) is 30.1 Å². The van der Waals surface area contributed by atoms with Crippen LogP contribution in [-0.2, 0) is 4.79 Å². The smallest absolute Gasteiger partial charge is 0.293 e. The third-order valence-corrected chi connectivity index (χ3v) is 2.64. The summed E-state index contributed by atoms with van der Waals surface area (Å²) in [5.41, 5.74) is 1.53. The van der Waals surface area contributed by atoms with Gasteiger partial charge in [0.15, 0.2) is 0 Å². The molecule has 100 valence electrons. The molecule has 0 fully saturated rings. The molecule has 1 aromatic rings. The lowest BCUT2D eigenvalue weighted by atomic mass is 10.1. The summed E-state index contributed by atoms with van der Waals surface area (Å²) in [6.07, 6.45) is 6.62. The van der Waals surface area contributed by atoms with Gasteiger partial charge in [0.25, 0.3) is 5.69 Å². The number of anilines is 1. The van der Waals surface area contributed by atoms with Crippen molar-refractivity contribution >= 4 is 17.3 Å². The van der Waals surface area contributed by atoms with E-state index in [9.17, 15) is 14.9 Å². The molecule has 1 aliphatic rings. The SMILES string of the molecule is CC(=O)Nc1ccc(C#CC2=CC=CC2)cc1[N+](=O)[O-]. The number of carbonyl (C=O) groups excluding carboxylic acids is 1. The van der Waals surface area contributed by atoms with Crippen LogP contribution in [0, 0.1) is 22.0 Å². The Morgan fingerprint density at radius 3 is 2.80 bits per heavy atom. The van der Waals surface area contributed by atoms with E-state index in [1.54, 1.807) is 6.07 Å². The first-order valence-electron chi connectivity index (χ1n) is 6.00. The fourth-order valence-corrected chi connectivity index (χ4v) is 1.75. The van der Waals surface area contributed by atoms with Crippen molar-refractivity contribution in [2.24, 2.45) is 0 Å². The van der Waals surface area contributed by atoms with Crippen LogP contribution in [0.3, 0.4) is 0 Å². The Bertz CT molecular complexity index is 691. The van der Waals surface area contributed by atoms with Gasteiger partial charge in [0, 0.05) is 24.1 Å². The number of nitro benzene ring substituents is 1. The third-order valence-electron chi connectivity index (χ3n) is 2.64. The Balaban J connectivity index is 2.30. The van der Waals surface area contributed by atoms with E-state index in [0.717, 1.165) is 12.0 Å². The predicted octanol–water partition coefficient (Wildman–Crippen LogP) is 2.79. The van der Waals surface area contributed by atoms with Crippen LogP contribution < -0.4 is 5.32 Å². The normalized spacial score (nSPS) is 12.3. The van der Waals surface area contributed by atoms with Crippen LogP contribution in [0.1, 0.15) is 18.9 Å². The lowest BCUT2D eigenvalue weighted by Gasteiger charge is -2.03. The fourth-order valence-electron chi connectivity index (χ4n) is 1.75. The highest BCUT2D eigenvalue weighted by Gasteiger charge is 2.14. The minimum atomic E-state index is -0.535. The second-order valence-electron chi connectivity index (χ2n) is 4.24. The van der Waals surface area contributed by atoms with Gasteiger partial charge in [0.2, 0.25) is 5.91 Å². The molecule has 1 amide bonds. The second kappa shape index (κ2) is 5.85. The van der Waals surface area contributed by atoms with E-state index in [-0.39, 0.29) is 17.3 Å². The monoisotopic (exact) mass is 268 g/mol. The largest absolute Gasteiger partial charge is 0.321 e. The number of rotatable bonds is 2. The zero-order valence-electron chi connectivity index (χ0n) is 10.8. The van der Waals surface area contributed by atoms with Gasteiger partial charge in [0.1, 0.15) is 5.69 Å². The Morgan fingerprint density at radius 1 is 1.40 bits per heavy atom. The molecule has 0 spiro atoms. The van der Waals surface area contributed by atoms with Crippen molar-refractivity contribution in [2.75, 3.05) is 5.32 Å². The Morgan fingerprint density at radius 2 is 2.20 bits per heavy atom. The molecule has 1 aliphatic carbocycles. The van der Waals surface area contributed by atoms with E-state index in [2.05, 4.69) is 17.2 Å². The molecule has 0 saturated carbocycles. The first-order chi connectivity index (χ1) is 9.56. The summed E-state index contributed by atoms with van der Waals surface area (Å²) in [5, 5.41) is 13.4. The van der Waals surface area contributed by atoms with Gasteiger partial charge < -0.3 is 5.32 Å². The molecular weight excluding hydrogens is 256 g/mol. The van der Waals surface area contributed by atoms with Crippen LogP contribution in [0.2, 0.25) is 0 Å². The third kappa shape index (κ3) is 3.33. The summed E-state index contributed by atoms with van der Waals surface area (Å²) < 4.78 is 0. The van der Waals surface area contributed by atoms with Crippen molar-refractivity contribution < 1.29 is 9.72 Å². The lowest BCUT2D eigenvalue weighted by molar-refractivity contribution is -0.383. The lowest BCUT2D eigenvalue weighted by Crippen LogP contribution is -2.08. The molecule has 0 aromatic heterocycles. The minimum absolute atomic E-state index is 0.162. The van der Waals surface area contributed by atoms with Gasteiger partial charge in [-0.2, -0.15) is 0 Å². The summed E-state index contributed by atoms with van der Waals surface area (Å²) in [6, 6.07) is 4.50. The maximum Gasteiger partial charge on any atom is 0.293 e. The quantitative estimate of drug-likeness (QED) is 0.509. The maximum atomic E-state index is 11.0. The van der Waals surface area contributed by atoms with Crippen LogP contribution in [0.25, 0.3) is 0 Å². The zero-order chi connectivity index (χ0) is 14.5. The van der Waals surface area contributed by atoms with Crippen molar-refractivity contribution in [3.05, 3.63) is 57.7 Å². The van der Waals surface area contributed by atoms with Crippen molar-refractivity contribution in [1.82, 2.24) is 0 Å². The molecule has 0 aliphatic heterocycles. The molecule has 1 N–H and O–H groups in total. The van der Waals surface area contributed by atoms with E-state index in [0.29, 0.717) is 5.56 Å². The molecule has 0 unspecified atom stereocenters. The molecule has 0 heterocycles. The first kappa shape index (κ1) is 13.6. The number of hydrogen-bond acceptors (Lipinski definition) is 3. The second-order valence-corrected chi connectivity index (χ2v) is 4.24. The van der Waals surface area contributed by atoms with Gasteiger partial charge in [-0.3, -0.25) is 14.9 Å². The number of benzene rings is 1. The van der Waals surface area contributed by atoms with Crippen molar-refractivity contribution in [2.45, 2.75) is 13.3 Å². The highest BCUT2D eigenvalue weighted by atomic mass is 16.6. The molecule has 2 rings (SSSR count). The molecule has 5 heteroatoms. The van der Waals surface area contributed by atoms with E-state index >= 15 is 0 Å². The van der Waals surface area contributed by atoms with Crippen molar-refractivity contribution in [3.8, 4) is 11.8 Å². The Kier molecular flexibility index (Phi) is 3.96. The number of amides is 1. The van der Waals surface area contributed by atoms with Crippen LogP contribution >= 0.6 is 0 Å². The molecule has 1 aromatic carbocycles. The van der Waals surface area contributed by atoms with Crippen LogP contribution in [0.15, 0.2) is 42.0 Å². The van der Waals surface area contributed by atoms with E-state index in [4.69, 9.17) is 0 Å². The average molecular weight is 268 g/mol. The Labute approximate surface area is 116 Å². The van der Waals surface area contributed by atoms with Gasteiger partial charge in [-0.15, -0.1) is 0 Å². The highest BCUT2D eigenvalue weighted by Crippen LogP contribution is 2.25. The van der Waals surface area contributed by atoms with Gasteiger partial charge in [-0.25, -0.2) is 0 Å². The number of hydrogen-bond donors (Lipinski definition) is 1. The van der Waals surface area contributed by atoms with Crippen LogP contribution in [-0.4, -0.2) is 10.8 Å². The molecular formula is C15H12N2O3. The molecule has 0 saturated heterocycles. The standard InChI is InChI=1S/C15H12N2O3/c1-11(18)16-14-9-8-13(10-15(14)17(19)20)7-6-12-4-2-3-5-12/h2-4,8-10H,5H2,1H3,(H,16,18). The van der Waals surface area contributed by atoms with E-state index in [1.807, 2.05) is 18.2 Å². The van der Waals surface area contributed by atoms with Gasteiger partial charge in [-0.05, 0) is 18.6 Å². The van der Waals surface area contributed by atoms with E-state index in [1.165, 1.54) is 19.1 Å². The van der Waals surface area contributed by atoms with Crippen molar-refractivity contribution in [1.29, 1.82) is 0 Å². The number of nitro groups is 1. The summed E-state index contributed by atoms with van der Waals surface area (Å²) in [5.74, 6) is 5.50. The summed E-state index contributed by atoms with van der Waals surface area (Å²) in [4.78, 5) is 21.5. The summed E-state index contributed by atoms with van der Waals surface area (Å²) in [6.45, 7) is 1.30. The maximum absolute atomic E-state index is 11.0. The molecule has 0 radical (unpaired) electrons. The number of nitrogens with zero attached hydrogens (tertiary/aromatic N) is 1. The predicted molar refractivity (Wildman–Crippen MR) is 76.1 cm³/mol. The topological polar surface area (TPSA) is 72.2 Å². The zero-order valence-corrected chi connectivity index (χ0v) is 10.8. The summed E-state index contributed by atoms with van der Waals surface area (Å²) >= 11 is 0. The number of nitrogens with one attached hydrogen (secondary N) is 1. The first-order valence-corrected chi connectivity index (χ1v) is 6.00. The highest BCUT2D eigenvalue weighted by molar-refractivity contribution is 5.91. The van der Waals surface area contributed by atoms with E-state index < -0.39 is 4.92 Å². The minimum Gasteiger partial charge on any atom is -0.321 e. The fraction of sp³-hybridized carbons (Fsp3) is 0.133. The summed E-state index contributed by atoms with van der Waals surface area (Å²) in [7, 11) is 0. The van der Waals surface area contributed by atoms with Gasteiger partial charge in [0.05, 0.1) is 4.92 Å². The van der Waals surface area contributed by atoms with Crippen molar-refractivity contribution in [3.63, 3.8) is 0 Å². The molecule has 0 bridgehead atoms. The molecule has 5 nitrogen and oxygen atoms in total. The molecule has 20 heavy (non-hydrogen) atoms. The van der Waals surface area contributed by atoms with Crippen LogP contribution in [0.5, 0.6) is 0 Å². The molecule has 0 atom stereocenters. The number of allylic oxidation sites excluding steroid dienone is 4. The average Bonchev–Trinajstić information content (AvgIpc) is 2.89. The van der Waals surface area contributed by atoms with Crippen LogP contribution in [0.4, 0.5) is 11.4 Å². The number of carbonyl (C=O) groups is 1. The van der Waals surface area contributed by atoms with Gasteiger partial charge >= 0.3 is 0 Å².